The second-order valence-corrected chi connectivity index (χ2v) is 17.1. The van der Waals surface area contributed by atoms with Gasteiger partial charge in [0.2, 0.25) is 0 Å². The highest BCUT2D eigenvalue weighted by Crippen LogP contribution is 2.48. The summed E-state index contributed by atoms with van der Waals surface area (Å²) < 4.78 is 0. The molecule has 0 radical (unpaired) electrons. The Balaban J connectivity index is 1.40. The Morgan fingerprint density at radius 2 is 0.960 bits per heavy atom. The van der Waals surface area contributed by atoms with Crippen LogP contribution in [0.2, 0.25) is 0 Å². The minimum atomic E-state index is 0.0832. The fourth-order valence-electron chi connectivity index (χ4n) is 9.73. The topological polar surface area (TPSA) is 9.72 Å². The maximum atomic E-state index is 2.76. The van der Waals surface area contributed by atoms with Crippen LogP contribution in [0.3, 0.4) is 0 Å². The van der Waals surface area contributed by atoms with Gasteiger partial charge in [0.1, 0.15) is 0 Å². The molecule has 0 fully saturated rings. The number of hydrogen-bond acceptors (Lipinski definition) is 3. The van der Waals surface area contributed by atoms with Gasteiger partial charge < -0.3 is 14.7 Å². The van der Waals surface area contributed by atoms with Crippen LogP contribution >= 0.6 is 0 Å². The molecule has 0 aliphatic carbocycles. The molecule has 0 bridgehead atoms. The van der Waals surface area contributed by atoms with Crippen LogP contribution in [-0.4, -0.2) is 19.8 Å². The Kier molecular flexibility index (Phi) is 7.29. The predicted octanol–water partition coefficient (Wildman–Crippen LogP) is 9.84. The van der Waals surface area contributed by atoms with E-state index in [1.807, 2.05) is 0 Å². The van der Waals surface area contributed by atoms with E-state index in [0.29, 0.717) is 0 Å². The highest BCUT2D eigenvalue weighted by atomic mass is 15.2. The monoisotopic (exact) mass is 655 g/mol. The third-order valence-corrected chi connectivity index (χ3v) is 11.8. The van der Waals surface area contributed by atoms with Gasteiger partial charge in [0.15, 0.2) is 0 Å². The lowest BCUT2D eigenvalue weighted by Gasteiger charge is -2.46. The van der Waals surface area contributed by atoms with Crippen molar-refractivity contribution in [3.05, 3.63) is 119 Å². The Hall–Kier alpha value is -4.44. The van der Waals surface area contributed by atoms with E-state index in [-0.39, 0.29) is 17.5 Å². The van der Waals surface area contributed by atoms with Crippen LogP contribution in [0.25, 0.3) is 0 Å². The van der Waals surface area contributed by atoms with Crippen molar-refractivity contribution in [3.8, 4) is 0 Å². The summed E-state index contributed by atoms with van der Waals surface area (Å²) in [4.78, 5) is 7.99. The highest BCUT2D eigenvalue weighted by molar-refractivity contribution is 7.00. The smallest absolute Gasteiger partial charge is 0.252 e. The largest absolute Gasteiger partial charge is 0.342 e. The van der Waals surface area contributed by atoms with E-state index in [4.69, 9.17) is 0 Å². The molecule has 9 rings (SSSR count). The molecule has 5 aromatic carbocycles. The van der Waals surface area contributed by atoms with E-state index in [1.165, 1.54) is 93.0 Å². The van der Waals surface area contributed by atoms with E-state index >= 15 is 0 Å². The van der Waals surface area contributed by atoms with Crippen molar-refractivity contribution in [3.63, 3.8) is 0 Å². The molecule has 4 aliphatic rings. The Labute approximate surface area is 300 Å². The van der Waals surface area contributed by atoms with Gasteiger partial charge in [0, 0.05) is 47.2 Å². The van der Waals surface area contributed by atoms with Gasteiger partial charge in [-0.25, -0.2) is 0 Å². The molecule has 0 saturated heterocycles. The number of fused-ring (bicyclic) bond motifs is 4. The van der Waals surface area contributed by atoms with Crippen molar-refractivity contribution in [2.45, 2.75) is 90.9 Å². The van der Waals surface area contributed by atoms with Crippen molar-refractivity contribution in [1.82, 2.24) is 0 Å². The number of benzene rings is 5. The van der Waals surface area contributed by atoms with Crippen LogP contribution in [0, 0.1) is 0 Å². The minimum Gasteiger partial charge on any atom is -0.342 e. The molecule has 5 aromatic rings. The van der Waals surface area contributed by atoms with E-state index in [2.05, 4.69) is 153 Å². The van der Waals surface area contributed by atoms with Crippen molar-refractivity contribution < 1.29 is 0 Å². The van der Waals surface area contributed by atoms with Gasteiger partial charge in [-0.3, -0.25) is 0 Å². The normalized spacial score (nSPS) is 16.2. The van der Waals surface area contributed by atoms with Gasteiger partial charge in [0.05, 0.1) is 5.69 Å². The number of rotatable bonds is 3. The molecule has 0 atom stereocenters. The van der Waals surface area contributed by atoms with Crippen LogP contribution < -0.4 is 31.1 Å². The quantitative estimate of drug-likeness (QED) is 0.179. The maximum absolute atomic E-state index is 2.76. The van der Waals surface area contributed by atoms with Gasteiger partial charge in [-0.2, -0.15) is 0 Å². The summed E-state index contributed by atoms with van der Waals surface area (Å²) in [5, 5.41) is 0. The van der Waals surface area contributed by atoms with Crippen LogP contribution in [-0.2, 0) is 23.7 Å². The summed E-state index contributed by atoms with van der Waals surface area (Å²) in [5.74, 6) is 0. The van der Waals surface area contributed by atoms with Crippen LogP contribution in [0.15, 0.2) is 97.1 Å². The Morgan fingerprint density at radius 3 is 1.38 bits per heavy atom. The third-order valence-electron chi connectivity index (χ3n) is 11.8. The first-order chi connectivity index (χ1) is 24.1. The first-order valence-corrected chi connectivity index (χ1v) is 19.1. The Morgan fingerprint density at radius 1 is 0.520 bits per heavy atom. The Bertz CT molecular complexity index is 1960. The molecule has 0 amide bonds. The second kappa shape index (κ2) is 11.6. The zero-order valence-electron chi connectivity index (χ0n) is 30.8. The number of anilines is 7. The summed E-state index contributed by atoms with van der Waals surface area (Å²) in [6, 6.07) is 37.1. The summed E-state index contributed by atoms with van der Waals surface area (Å²) in [6.45, 7) is 16.7. The van der Waals surface area contributed by atoms with Crippen molar-refractivity contribution in [1.29, 1.82) is 0 Å². The van der Waals surface area contributed by atoms with Crippen LogP contribution in [0.5, 0.6) is 0 Å². The minimum absolute atomic E-state index is 0.0832. The molecule has 0 N–H and O–H groups in total. The molecule has 4 aliphatic heterocycles. The van der Waals surface area contributed by atoms with Crippen molar-refractivity contribution in [2.75, 3.05) is 27.8 Å². The molecule has 4 heterocycles. The summed E-state index contributed by atoms with van der Waals surface area (Å²) in [5.41, 5.74) is 20.3. The first kappa shape index (κ1) is 31.5. The predicted molar refractivity (Wildman–Crippen MR) is 216 cm³/mol. The molecule has 0 saturated carbocycles. The van der Waals surface area contributed by atoms with Gasteiger partial charge in [-0.1, -0.05) is 102 Å². The van der Waals surface area contributed by atoms with Gasteiger partial charge >= 0.3 is 0 Å². The molecule has 3 nitrogen and oxygen atoms in total. The fraction of sp³-hybridized carbons (Fsp3) is 0.348. The van der Waals surface area contributed by atoms with Crippen LogP contribution in [0.1, 0.15) is 89.5 Å². The van der Waals surface area contributed by atoms with Crippen molar-refractivity contribution in [2.24, 2.45) is 0 Å². The number of para-hydroxylation sites is 2. The molecule has 4 heteroatoms. The van der Waals surface area contributed by atoms with Gasteiger partial charge in [-0.05, 0) is 124 Å². The summed E-state index contributed by atoms with van der Waals surface area (Å²) in [6.07, 6.45) is 7.14. The zero-order valence-corrected chi connectivity index (χ0v) is 30.8. The molecule has 0 unspecified atom stereocenters. The number of nitrogens with zero attached hydrogens (tertiary/aromatic N) is 3. The summed E-state index contributed by atoms with van der Waals surface area (Å²) in [7, 11) is 0. The van der Waals surface area contributed by atoms with Crippen molar-refractivity contribution >= 4 is 62.9 Å². The average Bonchev–Trinajstić information content (AvgIpc) is 3.46. The molecule has 252 valence electrons. The van der Waals surface area contributed by atoms with E-state index in [1.54, 1.807) is 11.1 Å². The lowest BCUT2D eigenvalue weighted by molar-refractivity contribution is 0.581. The molecule has 0 spiro atoms. The van der Waals surface area contributed by atoms with Gasteiger partial charge in [0.25, 0.3) is 6.71 Å². The molecule has 0 aromatic heterocycles. The highest BCUT2D eigenvalue weighted by Gasteiger charge is 2.46. The van der Waals surface area contributed by atoms with Crippen LogP contribution in [0.4, 0.5) is 39.8 Å². The van der Waals surface area contributed by atoms with Gasteiger partial charge in [-0.15, -0.1) is 0 Å². The third kappa shape index (κ3) is 4.85. The fourth-order valence-corrected chi connectivity index (χ4v) is 9.73. The standard InChI is InChI=1S/C46H50BN3/c1-45(2,3)36-23-25-38-43-34(36)21-13-15-27-48(43)40-29-33(50(31-17-9-7-10-18-31)32-19-11-8-12-20-32)30-41-42(40)47(38)39-26-24-37(46(4,5)6)35-22-14-16-28-49(41)44(35)39/h7-12,17-20,23-26,29-30H,13-16,21-22,27-28H2,1-6H3. The molecular weight excluding hydrogens is 605 g/mol. The first-order valence-electron chi connectivity index (χ1n) is 19.1. The second-order valence-electron chi connectivity index (χ2n) is 17.1. The zero-order chi connectivity index (χ0) is 34.4. The van der Waals surface area contributed by atoms with E-state index in [0.717, 1.165) is 25.9 Å². The lowest BCUT2D eigenvalue weighted by Crippen LogP contribution is -2.63. The SMILES string of the molecule is CC(C)(C)c1ccc2c3c1CCCCN3c1cc(N(c3ccccc3)c3ccccc3)cc3c1B2c1ccc(C(C)(C)C)c2c1N3CCCC2. The molecule has 50 heavy (non-hydrogen) atoms. The van der Waals surface area contributed by atoms with E-state index in [9.17, 15) is 0 Å². The lowest BCUT2D eigenvalue weighted by atomic mass is 9.33. The summed E-state index contributed by atoms with van der Waals surface area (Å²) >= 11 is 0. The number of hydrogen-bond donors (Lipinski definition) is 0. The van der Waals surface area contributed by atoms with E-state index < -0.39 is 0 Å². The maximum Gasteiger partial charge on any atom is 0.252 e. The average molecular weight is 656 g/mol. The molecular formula is C46H50BN3.